The Morgan fingerprint density at radius 1 is 1.38 bits per heavy atom. The molecule has 2 aromatic rings. The van der Waals surface area contributed by atoms with Gasteiger partial charge < -0.3 is 18.6 Å². The molecular weight excluding hydrogens is 274 g/mol. The Morgan fingerprint density at radius 3 is 3.00 bits per heavy atom. The summed E-state index contributed by atoms with van der Waals surface area (Å²) in [4.78, 5) is 4.16. The number of pyridine rings is 1. The van der Waals surface area contributed by atoms with Crippen LogP contribution >= 0.6 is 0 Å². The van der Waals surface area contributed by atoms with Crippen molar-refractivity contribution in [1.82, 2.24) is 15.2 Å². The van der Waals surface area contributed by atoms with Crippen molar-refractivity contribution in [3.63, 3.8) is 0 Å². The van der Waals surface area contributed by atoms with E-state index in [2.05, 4.69) is 15.2 Å². The molecule has 0 spiro atoms. The van der Waals surface area contributed by atoms with Crippen LogP contribution in [0, 0.1) is 6.92 Å². The van der Waals surface area contributed by atoms with E-state index < -0.39 is 5.60 Å². The Morgan fingerprint density at radius 2 is 2.29 bits per heavy atom. The number of nitrogens with zero attached hydrogens (tertiary/aromatic N) is 3. The third-order valence-electron chi connectivity index (χ3n) is 3.54. The van der Waals surface area contributed by atoms with Crippen LogP contribution in [-0.4, -0.2) is 35.5 Å². The molecule has 7 nitrogen and oxygen atoms in total. The Hall–Kier alpha value is -1.99. The van der Waals surface area contributed by atoms with Gasteiger partial charge >= 0.3 is 0 Å². The van der Waals surface area contributed by atoms with Crippen molar-refractivity contribution in [2.45, 2.75) is 25.6 Å². The quantitative estimate of drug-likeness (QED) is 0.828. The van der Waals surface area contributed by atoms with Crippen LogP contribution in [-0.2, 0) is 21.7 Å². The van der Waals surface area contributed by atoms with Gasteiger partial charge in [-0.2, -0.15) is 0 Å². The van der Waals surface area contributed by atoms with Gasteiger partial charge in [-0.05, 0) is 19.1 Å². The summed E-state index contributed by atoms with van der Waals surface area (Å²) in [6.45, 7) is 3.12. The van der Waals surface area contributed by atoms with E-state index in [1.54, 1.807) is 13.3 Å². The van der Waals surface area contributed by atoms with Gasteiger partial charge in [-0.3, -0.25) is 4.98 Å². The van der Waals surface area contributed by atoms with Crippen LogP contribution in [0.5, 0.6) is 5.75 Å². The topological polar surface area (TPSA) is 79.5 Å². The normalized spacial score (nSPS) is 21.6. The summed E-state index contributed by atoms with van der Waals surface area (Å²) < 4.78 is 22.2. The molecule has 7 heteroatoms. The van der Waals surface area contributed by atoms with Crippen LogP contribution < -0.4 is 4.74 Å². The molecule has 1 saturated heterocycles. The molecule has 0 saturated carbocycles. The zero-order valence-electron chi connectivity index (χ0n) is 12.0. The molecule has 0 radical (unpaired) electrons. The first kappa shape index (κ1) is 14.0. The number of methoxy groups -OCH3 is 1. The SMILES string of the molecule is COC1(c2nnc(COc3cccnc3C)o2)CCOC1. The Balaban J connectivity index is 1.69. The maximum Gasteiger partial charge on any atom is 0.254 e. The molecule has 1 unspecified atom stereocenters. The summed E-state index contributed by atoms with van der Waals surface area (Å²) in [5, 5.41) is 8.06. The highest BCUT2D eigenvalue weighted by molar-refractivity contribution is 5.25. The first-order valence-electron chi connectivity index (χ1n) is 6.74. The van der Waals surface area contributed by atoms with Crippen LogP contribution in [0.1, 0.15) is 23.9 Å². The van der Waals surface area contributed by atoms with Crippen LogP contribution in [0.2, 0.25) is 0 Å². The van der Waals surface area contributed by atoms with Crippen molar-refractivity contribution < 1.29 is 18.6 Å². The number of hydrogen-bond donors (Lipinski definition) is 0. The van der Waals surface area contributed by atoms with Gasteiger partial charge in [0.2, 0.25) is 0 Å². The molecular formula is C14H17N3O4. The van der Waals surface area contributed by atoms with E-state index in [1.807, 2.05) is 19.1 Å². The highest BCUT2D eigenvalue weighted by Gasteiger charge is 2.42. The van der Waals surface area contributed by atoms with E-state index in [0.717, 1.165) is 5.69 Å². The summed E-state index contributed by atoms with van der Waals surface area (Å²) in [6.07, 6.45) is 2.42. The molecule has 0 N–H and O–H groups in total. The lowest BCUT2D eigenvalue weighted by molar-refractivity contribution is -0.0420. The fraction of sp³-hybridized carbons (Fsp3) is 0.500. The molecule has 1 aliphatic rings. The van der Waals surface area contributed by atoms with Crippen LogP contribution in [0.15, 0.2) is 22.7 Å². The zero-order chi connectivity index (χ0) is 14.7. The Kier molecular flexibility index (Phi) is 3.85. The molecule has 3 heterocycles. The largest absolute Gasteiger partial charge is 0.482 e. The molecule has 21 heavy (non-hydrogen) atoms. The number of rotatable bonds is 5. The van der Waals surface area contributed by atoms with Crippen LogP contribution in [0.3, 0.4) is 0 Å². The van der Waals surface area contributed by atoms with Crippen molar-refractivity contribution in [2.75, 3.05) is 20.3 Å². The summed E-state index contributed by atoms with van der Waals surface area (Å²) in [6, 6.07) is 3.67. The Labute approximate surface area is 122 Å². The lowest BCUT2D eigenvalue weighted by atomic mass is 10.0. The molecule has 0 aliphatic carbocycles. The lowest BCUT2D eigenvalue weighted by Crippen LogP contribution is -2.29. The van der Waals surface area contributed by atoms with Gasteiger partial charge in [-0.1, -0.05) is 0 Å². The average Bonchev–Trinajstić information content (AvgIpc) is 3.16. The zero-order valence-corrected chi connectivity index (χ0v) is 12.0. The van der Waals surface area contributed by atoms with Gasteiger partial charge in [0.25, 0.3) is 11.8 Å². The number of hydrogen-bond acceptors (Lipinski definition) is 7. The third-order valence-corrected chi connectivity index (χ3v) is 3.54. The molecule has 1 fully saturated rings. The van der Waals surface area contributed by atoms with Crippen molar-refractivity contribution in [3.8, 4) is 5.75 Å². The monoisotopic (exact) mass is 291 g/mol. The molecule has 1 atom stereocenters. The average molecular weight is 291 g/mol. The maximum atomic E-state index is 5.65. The Bertz CT molecular complexity index is 608. The molecule has 0 amide bonds. The number of aryl methyl sites for hydroxylation is 1. The summed E-state index contributed by atoms with van der Waals surface area (Å²) >= 11 is 0. The van der Waals surface area contributed by atoms with Crippen LogP contribution in [0.25, 0.3) is 0 Å². The maximum absolute atomic E-state index is 5.65. The highest BCUT2D eigenvalue weighted by atomic mass is 16.6. The molecule has 3 rings (SSSR count). The van der Waals surface area contributed by atoms with Crippen molar-refractivity contribution in [1.29, 1.82) is 0 Å². The first-order valence-corrected chi connectivity index (χ1v) is 6.74. The highest BCUT2D eigenvalue weighted by Crippen LogP contribution is 2.32. The third kappa shape index (κ3) is 2.74. The van der Waals surface area contributed by atoms with Gasteiger partial charge in [-0.15, -0.1) is 10.2 Å². The van der Waals surface area contributed by atoms with E-state index in [-0.39, 0.29) is 6.61 Å². The molecule has 1 aliphatic heterocycles. The fourth-order valence-electron chi connectivity index (χ4n) is 2.22. The molecule has 2 aromatic heterocycles. The minimum Gasteiger partial charge on any atom is -0.482 e. The predicted molar refractivity (Wildman–Crippen MR) is 71.7 cm³/mol. The first-order chi connectivity index (χ1) is 10.2. The van der Waals surface area contributed by atoms with E-state index in [9.17, 15) is 0 Å². The van der Waals surface area contributed by atoms with Gasteiger partial charge in [0.1, 0.15) is 5.75 Å². The second-order valence-electron chi connectivity index (χ2n) is 4.88. The van der Waals surface area contributed by atoms with E-state index in [4.69, 9.17) is 18.6 Å². The van der Waals surface area contributed by atoms with Gasteiger partial charge in [0.05, 0.1) is 18.9 Å². The molecule has 0 aromatic carbocycles. The van der Waals surface area contributed by atoms with Gasteiger partial charge in [-0.25, -0.2) is 0 Å². The van der Waals surface area contributed by atoms with Crippen LogP contribution in [0.4, 0.5) is 0 Å². The van der Waals surface area contributed by atoms with Gasteiger partial charge in [0, 0.05) is 19.7 Å². The summed E-state index contributed by atoms with van der Waals surface area (Å²) in [5.41, 5.74) is 0.185. The lowest BCUT2D eigenvalue weighted by Gasteiger charge is -2.20. The summed E-state index contributed by atoms with van der Waals surface area (Å²) in [5.74, 6) is 1.53. The number of ether oxygens (including phenoxy) is 3. The van der Waals surface area contributed by atoms with E-state index >= 15 is 0 Å². The smallest absolute Gasteiger partial charge is 0.254 e. The second-order valence-corrected chi connectivity index (χ2v) is 4.88. The standard InChI is InChI=1S/C14H17N3O4/c1-10-11(4-3-6-15-10)20-8-12-16-17-13(21-12)14(18-2)5-7-19-9-14/h3-4,6H,5,7-9H2,1-2H3. The van der Waals surface area contributed by atoms with Crippen molar-refractivity contribution in [3.05, 3.63) is 35.8 Å². The van der Waals surface area contributed by atoms with Gasteiger partial charge in [0.15, 0.2) is 12.2 Å². The molecule has 112 valence electrons. The fourth-order valence-corrected chi connectivity index (χ4v) is 2.22. The van der Waals surface area contributed by atoms with Crippen molar-refractivity contribution >= 4 is 0 Å². The van der Waals surface area contributed by atoms with Crippen molar-refractivity contribution in [2.24, 2.45) is 0 Å². The molecule has 0 bridgehead atoms. The van der Waals surface area contributed by atoms with E-state index in [0.29, 0.717) is 37.2 Å². The minimum atomic E-state index is -0.629. The predicted octanol–water partition coefficient (Wildman–Crippen LogP) is 1.61. The number of aromatic nitrogens is 3. The second kappa shape index (κ2) is 5.79. The summed E-state index contributed by atoms with van der Waals surface area (Å²) in [7, 11) is 1.62. The minimum absolute atomic E-state index is 0.195. The van der Waals surface area contributed by atoms with E-state index in [1.165, 1.54) is 0 Å².